The Kier molecular flexibility index (Phi) is 3.96. The molecule has 0 aliphatic heterocycles. The first-order valence-corrected chi connectivity index (χ1v) is 7.01. The molecule has 0 amide bonds. The topological polar surface area (TPSA) is 35.2 Å². The third kappa shape index (κ3) is 3.26. The molecule has 0 aromatic heterocycles. The van der Waals surface area contributed by atoms with Crippen molar-refractivity contribution in [3.63, 3.8) is 0 Å². The predicted octanol–water partition coefficient (Wildman–Crippen LogP) is 3.53. The highest BCUT2D eigenvalue weighted by atomic mass is 16.5. The first kappa shape index (κ1) is 13.4. The van der Waals surface area contributed by atoms with Gasteiger partial charge in [-0.2, -0.15) is 0 Å². The second kappa shape index (κ2) is 5.31. The van der Waals surface area contributed by atoms with Crippen molar-refractivity contribution < 1.29 is 4.74 Å². The Morgan fingerprint density at radius 2 is 1.94 bits per heavy atom. The summed E-state index contributed by atoms with van der Waals surface area (Å²) in [5, 5.41) is 0. The molecule has 0 spiro atoms. The monoisotopic (exact) mass is 247 g/mol. The van der Waals surface area contributed by atoms with Gasteiger partial charge in [-0.1, -0.05) is 32.9 Å². The van der Waals surface area contributed by atoms with Gasteiger partial charge in [0.05, 0.1) is 0 Å². The number of nitrogens with two attached hydrogens (primary N) is 1. The average molecular weight is 247 g/mol. The molecule has 2 heteroatoms. The molecular weight excluding hydrogens is 222 g/mol. The van der Waals surface area contributed by atoms with Crippen molar-refractivity contribution in [1.82, 2.24) is 0 Å². The summed E-state index contributed by atoms with van der Waals surface area (Å²) in [6.07, 6.45) is 4.52. The van der Waals surface area contributed by atoms with Gasteiger partial charge in [0.2, 0.25) is 0 Å². The molecule has 2 N–H and O–H groups in total. The van der Waals surface area contributed by atoms with Gasteiger partial charge in [-0.3, -0.25) is 0 Å². The molecule has 2 unspecified atom stereocenters. The van der Waals surface area contributed by atoms with Crippen LogP contribution >= 0.6 is 0 Å². The normalized spacial score (nSPS) is 26.9. The Bertz CT molecular complexity index is 383. The Balaban J connectivity index is 2.02. The van der Waals surface area contributed by atoms with Gasteiger partial charge in [-0.25, -0.2) is 0 Å². The minimum atomic E-state index is 0.154. The van der Waals surface area contributed by atoms with E-state index in [2.05, 4.69) is 45.0 Å². The fraction of sp³-hybridized carbons (Fsp3) is 0.625. The highest BCUT2D eigenvalue weighted by Crippen LogP contribution is 2.36. The fourth-order valence-corrected chi connectivity index (χ4v) is 2.65. The molecule has 1 aliphatic carbocycles. The molecule has 2 rings (SSSR count). The quantitative estimate of drug-likeness (QED) is 0.886. The molecule has 18 heavy (non-hydrogen) atoms. The van der Waals surface area contributed by atoms with Gasteiger partial charge in [0.1, 0.15) is 11.9 Å². The van der Waals surface area contributed by atoms with Crippen LogP contribution < -0.4 is 10.5 Å². The van der Waals surface area contributed by atoms with Crippen molar-refractivity contribution in [2.45, 2.75) is 58.6 Å². The summed E-state index contributed by atoms with van der Waals surface area (Å²) in [4.78, 5) is 0. The van der Waals surface area contributed by atoms with E-state index in [1.807, 2.05) is 0 Å². The molecule has 0 radical (unpaired) electrons. The smallest absolute Gasteiger partial charge is 0.119 e. The summed E-state index contributed by atoms with van der Waals surface area (Å²) in [6.45, 7) is 6.76. The lowest BCUT2D eigenvalue weighted by Crippen LogP contribution is -2.46. The standard InChI is InChI=1S/C16H25NO/c1-4-12-5-7-13(8-6-12)18-15-11-16(2,3)10-9-14(15)17/h5-8,14-15H,4,9-11,17H2,1-3H3. The van der Waals surface area contributed by atoms with E-state index in [1.165, 1.54) is 12.0 Å². The van der Waals surface area contributed by atoms with E-state index in [9.17, 15) is 0 Å². The van der Waals surface area contributed by atoms with E-state index in [1.54, 1.807) is 0 Å². The van der Waals surface area contributed by atoms with E-state index in [4.69, 9.17) is 10.5 Å². The van der Waals surface area contributed by atoms with Crippen molar-refractivity contribution >= 4 is 0 Å². The number of hydrogen-bond donors (Lipinski definition) is 1. The van der Waals surface area contributed by atoms with Crippen LogP contribution in [0.3, 0.4) is 0 Å². The molecule has 0 saturated heterocycles. The second-order valence-electron chi connectivity index (χ2n) is 6.22. The van der Waals surface area contributed by atoms with Crippen molar-refractivity contribution in [3.05, 3.63) is 29.8 Å². The Morgan fingerprint density at radius 3 is 2.56 bits per heavy atom. The van der Waals surface area contributed by atoms with E-state index in [0.717, 1.165) is 25.0 Å². The number of rotatable bonds is 3. The van der Waals surface area contributed by atoms with Gasteiger partial charge in [0, 0.05) is 6.04 Å². The lowest BCUT2D eigenvalue weighted by Gasteiger charge is -2.39. The molecule has 1 aliphatic rings. The van der Waals surface area contributed by atoms with Gasteiger partial charge in [0.15, 0.2) is 0 Å². The number of hydrogen-bond acceptors (Lipinski definition) is 2. The molecule has 2 nitrogen and oxygen atoms in total. The summed E-state index contributed by atoms with van der Waals surface area (Å²) in [7, 11) is 0. The van der Waals surface area contributed by atoms with E-state index in [0.29, 0.717) is 5.41 Å². The molecule has 1 fully saturated rings. The number of aryl methyl sites for hydroxylation is 1. The highest BCUT2D eigenvalue weighted by molar-refractivity contribution is 5.27. The van der Waals surface area contributed by atoms with Crippen LogP contribution in [0.1, 0.15) is 45.6 Å². The zero-order valence-electron chi connectivity index (χ0n) is 11.8. The molecule has 1 aromatic rings. The minimum Gasteiger partial charge on any atom is -0.489 e. The van der Waals surface area contributed by atoms with Crippen molar-refractivity contribution in [3.8, 4) is 5.75 Å². The van der Waals surface area contributed by atoms with E-state index < -0.39 is 0 Å². The number of ether oxygens (including phenoxy) is 1. The Hall–Kier alpha value is -1.02. The number of benzene rings is 1. The maximum atomic E-state index is 6.18. The molecular formula is C16H25NO. The van der Waals surface area contributed by atoms with Crippen LogP contribution in [0.5, 0.6) is 5.75 Å². The molecule has 100 valence electrons. The zero-order chi connectivity index (χ0) is 13.2. The van der Waals surface area contributed by atoms with Crippen molar-refractivity contribution in [2.75, 3.05) is 0 Å². The molecule has 1 saturated carbocycles. The molecule has 0 heterocycles. The van der Waals surface area contributed by atoms with Crippen LogP contribution in [0.25, 0.3) is 0 Å². The first-order chi connectivity index (χ1) is 8.50. The summed E-state index contributed by atoms with van der Waals surface area (Å²) in [5.74, 6) is 0.949. The summed E-state index contributed by atoms with van der Waals surface area (Å²) in [6, 6.07) is 8.56. The lowest BCUT2D eigenvalue weighted by atomic mass is 9.74. The first-order valence-electron chi connectivity index (χ1n) is 7.01. The van der Waals surface area contributed by atoms with Crippen LogP contribution in [0.4, 0.5) is 0 Å². The van der Waals surface area contributed by atoms with Gasteiger partial charge < -0.3 is 10.5 Å². The Morgan fingerprint density at radius 1 is 1.28 bits per heavy atom. The molecule has 0 bridgehead atoms. The van der Waals surface area contributed by atoms with Gasteiger partial charge >= 0.3 is 0 Å². The Labute approximate surface area is 111 Å². The predicted molar refractivity (Wildman–Crippen MR) is 75.8 cm³/mol. The largest absolute Gasteiger partial charge is 0.489 e. The highest BCUT2D eigenvalue weighted by Gasteiger charge is 2.34. The van der Waals surface area contributed by atoms with Crippen molar-refractivity contribution in [1.29, 1.82) is 0 Å². The molecule has 1 aromatic carbocycles. The maximum absolute atomic E-state index is 6.18. The van der Waals surface area contributed by atoms with Crippen LogP contribution in [0.2, 0.25) is 0 Å². The van der Waals surface area contributed by atoms with Crippen LogP contribution in [-0.4, -0.2) is 12.1 Å². The van der Waals surface area contributed by atoms with E-state index in [-0.39, 0.29) is 12.1 Å². The average Bonchev–Trinajstić information content (AvgIpc) is 2.35. The second-order valence-corrected chi connectivity index (χ2v) is 6.22. The fourth-order valence-electron chi connectivity index (χ4n) is 2.65. The zero-order valence-corrected chi connectivity index (χ0v) is 11.8. The summed E-state index contributed by atoms with van der Waals surface area (Å²) >= 11 is 0. The van der Waals surface area contributed by atoms with E-state index >= 15 is 0 Å². The third-order valence-electron chi connectivity index (χ3n) is 4.00. The van der Waals surface area contributed by atoms with Gasteiger partial charge in [-0.05, 0) is 48.8 Å². The van der Waals surface area contributed by atoms with Gasteiger partial charge in [-0.15, -0.1) is 0 Å². The maximum Gasteiger partial charge on any atom is 0.119 e. The lowest BCUT2D eigenvalue weighted by molar-refractivity contribution is 0.0669. The SMILES string of the molecule is CCc1ccc(OC2CC(C)(C)CCC2N)cc1. The molecule has 2 atom stereocenters. The third-order valence-corrected chi connectivity index (χ3v) is 4.00. The summed E-state index contributed by atoms with van der Waals surface area (Å²) in [5.41, 5.74) is 7.87. The minimum absolute atomic E-state index is 0.154. The van der Waals surface area contributed by atoms with Crippen LogP contribution in [-0.2, 0) is 6.42 Å². The summed E-state index contributed by atoms with van der Waals surface area (Å²) < 4.78 is 6.08. The van der Waals surface area contributed by atoms with Crippen LogP contribution in [0.15, 0.2) is 24.3 Å². The van der Waals surface area contributed by atoms with Gasteiger partial charge in [0.25, 0.3) is 0 Å². The van der Waals surface area contributed by atoms with Crippen molar-refractivity contribution in [2.24, 2.45) is 11.1 Å². The van der Waals surface area contributed by atoms with Crippen LogP contribution in [0, 0.1) is 5.41 Å².